The first kappa shape index (κ1) is 19.0. The third-order valence-electron chi connectivity index (χ3n) is 5.03. The second kappa shape index (κ2) is 8.30. The van der Waals surface area contributed by atoms with Crippen LogP contribution in [0.4, 0.5) is 0 Å². The van der Waals surface area contributed by atoms with Crippen molar-refractivity contribution in [3.8, 4) is 23.1 Å². The van der Waals surface area contributed by atoms with E-state index in [9.17, 15) is 15.0 Å². The molecular weight excluding hydrogens is 348 g/mol. The zero-order chi connectivity index (χ0) is 19.4. The normalized spacial score (nSPS) is 16.1. The van der Waals surface area contributed by atoms with Crippen molar-refractivity contribution >= 4 is 5.91 Å². The number of aromatic nitrogens is 3. The maximum atomic E-state index is 12.6. The molecule has 2 heterocycles. The lowest BCUT2D eigenvalue weighted by Gasteiger charge is -2.28. The number of nitrogens with zero attached hydrogens (tertiary/aromatic N) is 3. The minimum absolute atomic E-state index is 0.0188. The van der Waals surface area contributed by atoms with Gasteiger partial charge in [0.2, 0.25) is 5.75 Å². The van der Waals surface area contributed by atoms with Gasteiger partial charge < -0.3 is 20.6 Å². The summed E-state index contributed by atoms with van der Waals surface area (Å²) in [4.78, 5) is 24.6. The van der Waals surface area contributed by atoms with Crippen LogP contribution in [-0.4, -0.2) is 42.2 Å². The van der Waals surface area contributed by atoms with Gasteiger partial charge in [-0.15, -0.1) is 0 Å². The van der Waals surface area contributed by atoms with E-state index in [1.165, 1.54) is 12.6 Å². The Balaban J connectivity index is 1.83. The van der Waals surface area contributed by atoms with Gasteiger partial charge in [0.15, 0.2) is 11.5 Å². The number of aliphatic hydroxyl groups is 1. The highest BCUT2D eigenvalue weighted by molar-refractivity contribution is 5.96. The number of carbonyl (C=O) groups is 1. The molecule has 8 nitrogen and oxygen atoms in total. The van der Waals surface area contributed by atoms with Crippen LogP contribution in [-0.2, 0) is 6.61 Å². The van der Waals surface area contributed by atoms with Crippen molar-refractivity contribution in [2.24, 2.45) is 5.92 Å². The van der Waals surface area contributed by atoms with E-state index in [2.05, 4.69) is 20.3 Å². The van der Waals surface area contributed by atoms with Gasteiger partial charge in [0.1, 0.15) is 5.69 Å². The van der Waals surface area contributed by atoms with Gasteiger partial charge in [-0.2, -0.15) is 4.98 Å². The fraction of sp³-hybridized carbons (Fsp3) is 0.474. The number of hydrogen-bond acceptors (Lipinski definition) is 7. The van der Waals surface area contributed by atoms with E-state index in [-0.39, 0.29) is 24.2 Å². The SMILES string of the molecule is C[C@@H](NC(=O)c1nc(-c2ccc(CO)cn2)nc(O)c1O)C1CCCCC1. The lowest BCUT2D eigenvalue weighted by atomic mass is 9.84. The van der Waals surface area contributed by atoms with Crippen LogP contribution in [0.5, 0.6) is 11.6 Å². The molecule has 1 fully saturated rings. The molecule has 27 heavy (non-hydrogen) atoms. The van der Waals surface area contributed by atoms with Crippen molar-refractivity contribution in [2.75, 3.05) is 0 Å². The van der Waals surface area contributed by atoms with Gasteiger partial charge >= 0.3 is 0 Å². The summed E-state index contributed by atoms with van der Waals surface area (Å²) in [5.41, 5.74) is 0.645. The maximum absolute atomic E-state index is 12.6. The molecular formula is C19H24N4O4. The molecule has 1 saturated carbocycles. The number of rotatable bonds is 5. The molecule has 0 unspecified atom stereocenters. The predicted octanol–water partition coefficient (Wildman–Crippen LogP) is 2.14. The van der Waals surface area contributed by atoms with Crippen LogP contribution in [0, 0.1) is 5.92 Å². The Hall–Kier alpha value is -2.74. The van der Waals surface area contributed by atoms with Crippen molar-refractivity contribution < 1.29 is 20.1 Å². The first-order valence-electron chi connectivity index (χ1n) is 9.16. The average Bonchev–Trinajstić information content (AvgIpc) is 2.70. The van der Waals surface area contributed by atoms with E-state index in [0.29, 0.717) is 17.2 Å². The molecule has 8 heteroatoms. The van der Waals surface area contributed by atoms with Crippen LogP contribution < -0.4 is 5.32 Å². The Morgan fingerprint density at radius 1 is 1.22 bits per heavy atom. The van der Waals surface area contributed by atoms with Crippen LogP contribution in [0.2, 0.25) is 0 Å². The number of aromatic hydroxyl groups is 2. The van der Waals surface area contributed by atoms with Gasteiger partial charge in [0, 0.05) is 12.2 Å². The van der Waals surface area contributed by atoms with E-state index in [1.54, 1.807) is 12.1 Å². The molecule has 2 aromatic heterocycles. The fourth-order valence-corrected chi connectivity index (χ4v) is 3.39. The van der Waals surface area contributed by atoms with Crippen LogP contribution >= 0.6 is 0 Å². The zero-order valence-corrected chi connectivity index (χ0v) is 15.2. The quantitative estimate of drug-likeness (QED) is 0.633. The van der Waals surface area contributed by atoms with Crippen molar-refractivity contribution in [3.05, 3.63) is 29.6 Å². The van der Waals surface area contributed by atoms with Crippen molar-refractivity contribution in [3.63, 3.8) is 0 Å². The van der Waals surface area contributed by atoms with Crippen LogP contribution in [0.3, 0.4) is 0 Å². The molecule has 0 saturated heterocycles. The summed E-state index contributed by atoms with van der Waals surface area (Å²) in [5, 5.41) is 31.9. The van der Waals surface area contributed by atoms with Gasteiger partial charge in [0.05, 0.1) is 6.61 Å². The summed E-state index contributed by atoms with van der Waals surface area (Å²) < 4.78 is 0. The first-order valence-corrected chi connectivity index (χ1v) is 9.16. The Morgan fingerprint density at radius 2 is 1.96 bits per heavy atom. The highest BCUT2D eigenvalue weighted by atomic mass is 16.3. The average molecular weight is 372 g/mol. The van der Waals surface area contributed by atoms with Crippen molar-refractivity contribution in [2.45, 2.75) is 51.7 Å². The molecule has 1 atom stereocenters. The molecule has 144 valence electrons. The molecule has 0 bridgehead atoms. The monoisotopic (exact) mass is 372 g/mol. The summed E-state index contributed by atoms with van der Waals surface area (Å²) >= 11 is 0. The minimum atomic E-state index is -0.677. The highest BCUT2D eigenvalue weighted by Gasteiger charge is 2.25. The number of carbonyl (C=O) groups excluding carboxylic acids is 1. The van der Waals surface area contributed by atoms with E-state index in [1.807, 2.05) is 6.92 Å². The van der Waals surface area contributed by atoms with Gasteiger partial charge in [-0.05, 0) is 37.3 Å². The third-order valence-corrected chi connectivity index (χ3v) is 5.03. The smallest absolute Gasteiger partial charge is 0.274 e. The number of pyridine rings is 1. The van der Waals surface area contributed by atoms with Gasteiger partial charge in [-0.25, -0.2) is 4.98 Å². The summed E-state index contributed by atoms with van der Waals surface area (Å²) in [7, 11) is 0. The molecule has 0 spiro atoms. The number of nitrogens with one attached hydrogen (secondary N) is 1. The summed E-state index contributed by atoms with van der Waals surface area (Å²) in [5.74, 6) is -1.48. The van der Waals surface area contributed by atoms with Crippen molar-refractivity contribution in [1.82, 2.24) is 20.3 Å². The molecule has 0 aromatic carbocycles. The molecule has 1 aliphatic rings. The Kier molecular flexibility index (Phi) is 5.85. The first-order chi connectivity index (χ1) is 13.0. The second-order valence-corrected chi connectivity index (χ2v) is 6.94. The van der Waals surface area contributed by atoms with Crippen LogP contribution in [0.1, 0.15) is 55.1 Å². The number of aliphatic hydroxyl groups excluding tert-OH is 1. The van der Waals surface area contributed by atoms with Gasteiger partial charge in [0.25, 0.3) is 11.8 Å². The van der Waals surface area contributed by atoms with E-state index in [0.717, 1.165) is 25.7 Å². The Labute approximate surface area is 157 Å². The largest absolute Gasteiger partial charge is 0.501 e. The second-order valence-electron chi connectivity index (χ2n) is 6.94. The lowest BCUT2D eigenvalue weighted by Crippen LogP contribution is -2.39. The standard InChI is InChI=1S/C19H24N4O4/c1-11(13-5-3-2-4-6-13)21-18(26)15-16(25)19(27)23-17(22-15)14-8-7-12(10-24)9-20-14/h7-9,11,13,24-25H,2-6,10H2,1H3,(H,21,26)(H,22,23,27)/t11-/m1/s1. The number of amides is 1. The Bertz CT molecular complexity index is 804. The molecule has 4 N–H and O–H groups in total. The van der Waals surface area contributed by atoms with Crippen LogP contribution in [0.15, 0.2) is 18.3 Å². The summed E-state index contributed by atoms with van der Waals surface area (Å²) in [6.07, 6.45) is 7.12. The topological polar surface area (TPSA) is 128 Å². The predicted molar refractivity (Wildman–Crippen MR) is 98.0 cm³/mol. The van der Waals surface area contributed by atoms with E-state index in [4.69, 9.17) is 5.11 Å². The fourth-order valence-electron chi connectivity index (χ4n) is 3.39. The van der Waals surface area contributed by atoms with E-state index >= 15 is 0 Å². The lowest BCUT2D eigenvalue weighted by molar-refractivity contribution is 0.0910. The number of hydrogen-bond donors (Lipinski definition) is 4. The van der Waals surface area contributed by atoms with E-state index < -0.39 is 17.5 Å². The minimum Gasteiger partial charge on any atom is -0.501 e. The maximum Gasteiger partial charge on any atom is 0.274 e. The molecule has 0 radical (unpaired) electrons. The van der Waals surface area contributed by atoms with Gasteiger partial charge in [-0.3, -0.25) is 9.78 Å². The summed E-state index contributed by atoms with van der Waals surface area (Å²) in [6, 6.07) is 3.16. The molecule has 1 aliphatic carbocycles. The van der Waals surface area contributed by atoms with Crippen LogP contribution in [0.25, 0.3) is 11.5 Å². The third kappa shape index (κ3) is 4.33. The van der Waals surface area contributed by atoms with Crippen molar-refractivity contribution in [1.29, 1.82) is 0 Å². The zero-order valence-electron chi connectivity index (χ0n) is 15.2. The molecule has 3 rings (SSSR count). The Morgan fingerprint density at radius 3 is 2.59 bits per heavy atom. The molecule has 1 amide bonds. The highest BCUT2D eigenvalue weighted by Crippen LogP contribution is 2.30. The summed E-state index contributed by atoms with van der Waals surface area (Å²) in [6.45, 7) is 1.80. The van der Waals surface area contributed by atoms with Gasteiger partial charge in [-0.1, -0.05) is 25.3 Å². The molecule has 2 aromatic rings. The molecule has 0 aliphatic heterocycles.